The number of aliphatic hydroxyl groups is 1. The highest BCUT2D eigenvalue weighted by Gasteiger charge is 2.60. The van der Waals surface area contributed by atoms with Crippen LogP contribution in [0.2, 0.25) is 0 Å². The van der Waals surface area contributed by atoms with E-state index in [1.807, 2.05) is 0 Å². The number of fused-ring (bicyclic) bond motifs is 5. The summed E-state index contributed by atoms with van der Waals surface area (Å²) in [5.74, 6) is 3.92. The van der Waals surface area contributed by atoms with Crippen LogP contribution in [0.25, 0.3) is 0 Å². The zero-order chi connectivity index (χ0) is 15.7. The molecule has 22 heavy (non-hydrogen) atoms. The number of carbonyl (C=O) groups is 1. The maximum absolute atomic E-state index is 12.4. The van der Waals surface area contributed by atoms with Crippen LogP contribution in [-0.2, 0) is 4.79 Å². The Labute approximate surface area is 135 Å². The summed E-state index contributed by atoms with van der Waals surface area (Å²) >= 11 is 0. The van der Waals surface area contributed by atoms with Crippen LogP contribution in [0.4, 0.5) is 0 Å². The molecule has 0 radical (unpaired) electrons. The van der Waals surface area contributed by atoms with Crippen molar-refractivity contribution in [2.45, 2.75) is 78.2 Å². The molecule has 0 spiro atoms. The normalized spacial score (nSPS) is 57.9. The van der Waals surface area contributed by atoms with Crippen LogP contribution in [-0.4, -0.2) is 17.0 Å². The number of hydrogen-bond donors (Lipinski definition) is 1. The van der Waals surface area contributed by atoms with Crippen molar-refractivity contribution in [3.8, 4) is 0 Å². The Morgan fingerprint density at radius 2 is 1.86 bits per heavy atom. The average Bonchev–Trinajstić information content (AvgIpc) is 2.77. The first kappa shape index (κ1) is 15.2. The second kappa shape index (κ2) is 4.82. The van der Waals surface area contributed by atoms with Gasteiger partial charge in [-0.2, -0.15) is 0 Å². The van der Waals surface area contributed by atoms with Gasteiger partial charge in [-0.25, -0.2) is 0 Å². The van der Waals surface area contributed by atoms with Gasteiger partial charge in [0.25, 0.3) is 0 Å². The largest absolute Gasteiger partial charge is 0.393 e. The molecule has 0 aliphatic heterocycles. The number of Topliss-reactive ketones (excluding diaryl/α,β-unsaturated/α-hetero) is 1. The Kier molecular flexibility index (Phi) is 3.32. The zero-order valence-corrected chi connectivity index (χ0v) is 14.5. The monoisotopic (exact) mass is 304 g/mol. The molecule has 0 heterocycles. The summed E-state index contributed by atoms with van der Waals surface area (Å²) in [6, 6.07) is 0. The van der Waals surface area contributed by atoms with E-state index in [1.54, 1.807) is 0 Å². The molecule has 0 amide bonds. The molecule has 0 aromatic heterocycles. The van der Waals surface area contributed by atoms with Gasteiger partial charge in [0, 0.05) is 11.8 Å². The lowest BCUT2D eigenvalue weighted by Gasteiger charge is -2.61. The van der Waals surface area contributed by atoms with Crippen molar-refractivity contribution in [3.63, 3.8) is 0 Å². The van der Waals surface area contributed by atoms with Gasteiger partial charge in [0.15, 0.2) is 0 Å². The summed E-state index contributed by atoms with van der Waals surface area (Å²) in [6.07, 6.45) is 9.06. The summed E-state index contributed by atoms with van der Waals surface area (Å²) in [7, 11) is 0. The Balaban J connectivity index is 1.65. The molecule has 124 valence electrons. The molecule has 0 aromatic carbocycles. The van der Waals surface area contributed by atoms with E-state index >= 15 is 0 Å². The highest BCUT2D eigenvalue weighted by molar-refractivity contribution is 5.87. The van der Waals surface area contributed by atoms with Crippen molar-refractivity contribution < 1.29 is 9.90 Å². The molecular formula is C20H32O2. The molecule has 4 aliphatic rings. The van der Waals surface area contributed by atoms with Crippen LogP contribution in [0.5, 0.6) is 0 Å². The first-order valence-electron chi connectivity index (χ1n) is 9.57. The second-order valence-electron chi connectivity index (χ2n) is 9.56. The lowest BCUT2D eigenvalue weighted by Crippen LogP contribution is -2.55. The molecule has 4 saturated carbocycles. The third-order valence-corrected chi connectivity index (χ3v) is 8.72. The van der Waals surface area contributed by atoms with Gasteiger partial charge in [-0.1, -0.05) is 20.8 Å². The molecule has 1 N–H and O–H groups in total. The predicted octanol–water partition coefficient (Wildman–Crippen LogP) is 4.21. The molecule has 0 bridgehead atoms. The van der Waals surface area contributed by atoms with E-state index in [2.05, 4.69) is 20.8 Å². The smallest absolute Gasteiger partial charge is 0.139 e. The Hall–Kier alpha value is -0.370. The van der Waals surface area contributed by atoms with E-state index in [-0.39, 0.29) is 11.5 Å². The van der Waals surface area contributed by atoms with E-state index < -0.39 is 0 Å². The standard InChI is InChI=1S/C20H32O2/c1-12-11-20(3)13(10-17(12)21)4-5-14-15-6-7-18(22)19(15,2)9-8-16(14)20/h12-17,21H,4-11H2,1-3H3/t12?,13?,14-,15-,16-,17?,19-,20-/m0/s1. The minimum atomic E-state index is -0.0865. The predicted molar refractivity (Wildman–Crippen MR) is 87.3 cm³/mol. The van der Waals surface area contributed by atoms with Gasteiger partial charge in [-0.15, -0.1) is 0 Å². The molecule has 2 nitrogen and oxygen atoms in total. The minimum absolute atomic E-state index is 0.00413. The molecule has 3 unspecified atom stereocenters. The molecule has 4 rings (SSSR count). The van der Waals surface area contributed by atoms with Gasteiger partial charge in [-0.05, 0) is 80.0 Å². The second-order valence-corrected chi connectivity index (χ2v) is 9.56. The summed E-state index contributed by atoms with van der Waals surface area (Å²) in [4.78, 5) is 12.4. The van der Waals surface area contributed by atoms with Gasteiger partial charge in [0.1, 0.15) is 5.78 Å². The summed E-state index contributed by atoms with van der Waals surface area (Å²) in [5.41, 5.74) is 0.415. The third kappa shape index (κ3) is 1.85. The van der Waals surface area contributed by atoms with Crippen molar-refractivity contribution in [2.24, 2.45) is 40.4 Å². The van der Waals surface area contributed by atoms with E-state index in [0.717, 1.165) is 37.5 Å². The van der Waals surface area contributed by atoms with Gasteiger partial charge in [0.05, 0.1) is 6.10 Å². The molecule has 8 atom stereocenters. The summed E-state index contributed by atoms with van der Waals surface area (Å²) in [5, 5.41) is 10.3. The maximum Gasteiger partial charge on any atom is 0.139 e. The lowest BCUT2D eigenvalue weighted by molar-refractivity contribution is -0.148. The maximum atomic E-state index is 12.4. The SMILES string of the molecule is CC1C[C@@]2(C)C(CC[C@@H]3[C@@H]2CC[C@]2(C)C(=O)CC[C@@H]32)CC1O. The Morgan fingerprint density at radius 1 is 1.09 bits per heavy atom. The molecule has 4 fully saturated rings. The van der Waals surface area contributed by atoms with Crippen LogP contribution >= 0.6 is 0 Å². The fourth-order valence-electron chi connectivity index (χ4n) is 7.36. The van der Waals surface area contributed by atoms with E-state index in [9.17, 15) is 9.90 Å². The van der Waals surface area contributed by atoms with Crippen molar-refractivity contribution in [2.75, 3.05) is 0 Å². The average molecular weight is 304 g/mol. The van der Waals surface area contributed by atoms with Crippen molar-refractivity contribution in [1.29, 1.82) is 0 Å². The van der Waals surface area contributed by atoms with Crippen molar-refractivity contribution in [3.05, 3.63) is 0 Å². The quantitative estimate of drug-likeness (QED) is 0.728. The number of carbonyl (C=O) groups excluding carboxylic acids is 1. The van der Waals surface area contributed by atoms with Crippen molar-refractivity contribution in [1.82, 2.24) is 0 Å². The highest BCUT2D eigenvalue weighted by Crippen LogP contribution is 2.65. The summed E-state index contributed by atoms with van der Waals surface area (Å²) < 4.78 is 0. The first-order valence-corrected chi connectivity index (χ1v) is 9.57. The zero-order valence-electron chi connectivity index (χ0n) is 14.5. The van der Waals surface area contributed by atoms with E-state index in [0.29, 0.717) is 29.0 Å². The molecular weight excluding hydrogens is 272 g/mol. The van der Waals surface area contributed by atoms with Crippen LogP contribution in [0.1, 0.15) is 72.1 Å². The van der Waals surface area contributed by atoms with E-state index in [1.165, 1.54) is 25.7 Å². The molecule has 0 aromatic rings. The first-order chi connectivity index (χ1) is 10.4. The molecule has 4 aliphatic carbocycles. The van der Waals surface area contributed by atoms with Crippen LogP contribution in [0.3, 0.4) is 0 Å². The Bertz CT molecular complexity index is 486. The Morgan fingerprint density at radius 3 is 2.64 bits per heavy atom. The lowest BCUT2D eigenvalue weighted by atomic mass is 9.44. The van der Waals surface area contributed by atoms with E-state index in [4.69, 9.17) is 0 Å². The fraction of sp³-hybridized carbons (Fsp3) is 0.950. The van der Waals surface area contributed by atoms with Crippen LogP contribution in [0.15, 0.2) is 0 Å². The van der Waals surface area contributed by atoms with Gasteiger partial charge >= 0.3 is 0 Å². The summed E-state index contributed by atoms with van der Waals surface area (Å²) in [6.45, 7) is 7.03. The van der Waals surface area contributed by atoms with Gasteiger partial charge in [-0.3, -0.25) is 4.79 Å². The highest BCUT2D eigenvalue weighted by atomic mass is 16.3. The minimum Gasteiger partial charge on any atom is -0.393 e. The third-order valence-electron chi connectivity index (χ3n) is 8.72. The number of hydrogen-bond acceptors (Lipinski definition) is 2. The number of aliphatic hydroxyl groups excluding tert-OH is 1. The topological polar surface area (TPSA) is 37.3 Å². The van der Waals surface area contributed by atoms with Crippen LogP contribution < -0.4 is 0 Å². The van der Waals surface area contributed by atoms with Gasteiger partial charge < -0.3 is 5.11 Å². The molecule has 2 heteroatoms. The number of ketones is 1. The van der Waals surface area contributed by atoms with Gasteiger partial charge in [0.2, 0.25) is 0 Å². The molecule has 0 saturated heterocycles. The van der Waals surface area contributed by atoms with Crippen LogP contribution in [0, 0.1) is 40.4 Å². The fourth-order valence-corrected chi connectivity index (χ4v) is 7.36. The van der Waals surface area contributed by atoms with Crippen molar-refractivity contribution >= 4 is 5.78 Å². The number of rotatable bonds is 0.